The molecule has 1 aliphatic heterocycles. The third-order valence-electron chi connectivity index (χ3n) is 5.81. The molecule has 3 aromatic rings. The summed E-state index contributed by atoms with van der Waals surface area (Å²) < 4.78 is 0. The summed E-state index contributed by atoms with van der Waals surface area (Å²) in [6.45, 7) is 7.26. The van der Waals surface area contributed by atoms with E-state index in [1.807, 2.05) is 36.4 Å². The fraction of sp³-hybridized carbons (Fsp3) is 0.259. The summed E-state index contributed by atoms with van der Waals surface area (Å²) in [4.78, 5) is 14.8. The number of rotatable bonds is 6. The molecule has 3 aromatic carbocycles. The van der Waals surface area contributed by atoms with Gasteiger partial charge in [0.25, 0.3) is 5.91 Å². The molecule has 158 valence electrons. The van der Waals surface area contributed by atoms with Gasteiger partial charge in [-0.15, -0.1) is 0 Å². The van der Waals surface area contributed by atoms with E-state index in [2.05, 4.69) is 65.7 Å². The molecule has 0 saturated carbocycles. The average molecular weight is 412 g/mol. The zero-order valence-corrected chi connectivity index (χ0v) is 18.2. The summed E-state index contributed by atoms with van der Waals surface area (Å²) in [6.07, 6.45) is 2.76. The lowest BCUT2D eigenvalue weighted by molar-refractivity contribution is 0.0955. The number of carbonyl (C=O) groups excluding carboxylic acids is 1. The zero-order valence-electron chi connectivity index (χ0n) is 18.2. The van der Waals surface area contributed by atoms with Crippen LogP contribution in [0.15, 0.2) is 77.9 Å². The number of hydrazone groups is 1. The number of hydrogen-bond acceptors (Lipinski definition) is 3. The quantitative estimate of drug-likeness (QED) is 0.451. The van der Waals surface area contributed by atoms with Crippen molar-refractivity contribution in [2.45, 2.75) is 39.3 Å². The molecule has 4 heteroatoms. The molecule has 1 amide bonds. The van der Waals surface area contributed by atoms with E-state index >= 15 is 0 Å². The Morgan fingerprint density at radius 3 is 2.42 bits per heavy atom. The van der Waals surface area contributed by atoms with E-state index in [9.17, 15) is 4.79 Å². The van der Waals surface area contributed by atoms with E-state index in [0.29, 0.717) is 11.5 Å². The lowest BCUT2D eigenvalue weighted by Crippen LogP contribution is -2.30. The van der Waals surface area contributed by atoms with E-state index in [1.165, 1.54) is 22.3 Å². The third-order valence-corrected chi connectivity index (χ3v) is 5.81. The molecule has 0 atom stereocenters. The van der Waals surface area contributed by atoms with Crippen molar-refractivity contribution in [2.75, 3.05) is 6.54 Å². The van der Waals surface area contributed by atoms with Gasteiger partial charge in [-0.05, 0) is 52.3 Å². The van der Waals surface area contributed by atoms with Gasteiger partial charge in [-0.25, -0.2) is 5.43 Å². The van der Waals surface area contributed by atoms with Crippen LogP contribution in [-0.2, 0) is 19.5 Å². The number of nitrogens with one attached hydrogen (secondary N) is 1. The summed E-state index contributed by atoms with van der Waals surface area (Å²) in [5.41, 5.74) is 9.57. The predicted molar refractivity (Wildman–Crippen MR) is 126 cm³/mol. The molecule has 1 aliphatic rings. The van der Waals surface area contributed by atoms with Crippen molar-refractivity contribution in [3.05, 3.63) is 106 Å². The predicted octanol–water partition coefficient (Wildman–Crippen LogP) is 5.13. The number of carbonyl (C=O) groups is 1. The van der Waals surface area contributed by atoms with Gasteiger partial charge in [0.05, 0.1) is 6.21 Å². The standard InChI is InChI=1S/C27H29N3O/c1-20(2)23-11-7-21(8-12-23)17-28-29-27(31)25-13-9-22(10-14-25)18-30-16-15-24-5-3-4-6-26(24)19-30/h3-14,17,20H,15-16,18-19H2,1-2H3,(H,29,31)/b28-17-. The van der Waals surface area contributed by atoms with Crippen molar-refractivity contribution in [2.24, 2.45) is 5.10 Å². The molecule has 0 aromatic heterocycles. The van der Waals surface area contributed by atoms with Crippen molar-refractivity contribution in [1.29, 1.82) is 0 Å². The van der Waals surface area contributed by atoms with Gasteiger partial charge in [-0.2, -0.15) is 5.10 Å². The molecule has 0 unspecified atom stereocenters. The third kappa shape index (κ3) is 5.47. The number of nitrogens with zero attached hydrogens (tertiary/aromatic N) is 2. The van der Waals surface area contributed by atoms with E-state index < -0.39 is 0 Å². The molecule has 0 saturated heterocycles. The van der Waals surface area contributed by atoms with Crippen LogP contribution < -0.4 is 5.43 Å². The topological polar surface area (TPSA) is 44.7 Å². The second kappa shape index (κ2) is 9.71. The smallest absolute Gasteiger partial charge is 0.271 e. The molecule has 0 radical (unpaired) electrons. The number of fused-ring (bicyclic) bond motifs is 1. The Hall–Kier alpha value is -3.24. The number of amides is 1. The van der Waals surface area contributed by atoms with Crippen molar-refractivity contribution in [3.8, 4) is 0 Å². The largest absolute Gasteiger partial charge is 0.294 e. The summed E-state index contributed by atoms with van der Waals surface area (Å²) in [5.74, 6) is 0.299. The summed E-state index contributed by atoms with van der Waals surface area (Å²) >= 11 is 0. The SMILES string of the molecule is CC(C)c1ccc(/C=N\NC(=O)c2ccc(CN3CCc4ccccc4C3)cc2)cc1. The van der Waals surface area contributed by atoms with Crippen LogP contribution in [0.2, 0.25) is 0 Å². The average Bonchev–Trinajstić information content (AvgIpc) is 2.80. The van der Waals surface area contributed by atoms with Crippen molar-refractivity contribution in [3.63, 3.8) is 0 Å². The minimum atomic E-state index is -0.200. The van der Waals surface area contributed by atoms with Gasteiger partial charge < -0.3 is 0 Å². The van der Waals surface area contributed by atoms with E-state index in [-0.39, 0.29) is 5.91 Å². The Balaban J connectivity index is 1.30. The van der Waals surface area contributed by atoms with E-state index in [0.717, 1.165) is 31.6 Å². The van der Waals surface area contributed by atoms with Gasteiger partial charge in [0.2, 0.25) is 0 Å². The first kappa shape index (κ1) is 21.0. The second-order valence-corrected chi connectivity index (χ2v) is 8.45. The van der Waals surface area contributed by atoms with Crippen molar-refractivity contribution in [1.82, 2.24) is 10.3 Å². The Labute approximate surface area is 184 Å². The lowest BCUT2D eigenvalue weighted by Gasteiger charge is -2.28. The number of benzene rings is 3. The van der Waals surface area contributed by atoms with Gasteiger partial charge in [-0.3, -0.25) is 9.69 Å². The Kier molecular flexibility index (Phi) is 6.58. The minimum absolute atomic E-state index is 0.200. The molecule has 4 nitrogen and oxygen atoms in total. The molecule has 0 spiro atoms. The fourth-order valence-corrected chi connectivity index (χ4v) is 3.91. The highest BCUT2D eigenvalue weighted by Gasteiger charge is 2.15. The maximum Gasteiger partial charge on any atom is 0.271 e. The zero-order chi connectivity index (χ0) is 21.6. The van der Waals surface area contributed by atoms with Gasteiger partial charge in [0, 0.05) is 25.2 Å². The van der Waals surface area contributed by atoms with Crippen LogP contribution in [0.25, 0.3) is 0 Å². The highest BCUT2D eigenvalue weighted by molar-refractivity contribution is 5.94. The van der Waals surface area contributed by atoms with Crippen LogP contribution in [0.3, 0.4) is 0 Å². The van der Waals surface area contributed by atoms with Crippen molar-refractivity contribution < 1.29 is 4.79 Å². The summed E-state index contributed by atoms with van der Waals surface area (Å²) in [7, 11) is 0. The maximum atomic E-state index is 12.4. The Bertz CT molecular complexity index is 1050. The van der Waals surface area contributed by atoms with Crippen LogP contribution in [-0.4, -0.2) is 23.6 Å². The maximum absolute atomic E-state index is 12.4. The monoisotopic (exact) mass is 411 g/mol. The van der Waals surface area contributed by atoms with E-state index in [1.54, 1.807) is 6.21 Å². The first-order chi connectivity index (χ1) is 15.1. The van der Waals surface area contributed by atoms with Gasteiger partial charge in [0.1, 0.15) is 0 Å². The molecule has 1 N–H and O–H groups in total. The van der Waals surface area contributed by atoms with Crippen LogP contribution in [0.5, 0.6) is 0 Å². The molecule has 0 fully saturated rings. The first-order valence-electron chi connectivity index (χ1n) is 10.9. The van der Waals surface area contributed by atoms with Gasteiger partial charge in [0.15, 0.2) is 0 Å². The summed E-state index contributed by atoms with van der Waals surface area (Å²) in [5, 5.41) is 4.10. The fourth-order valence-electron chi connectivity index (χ4n) is 3.91. The highest BCUT2D eigenvalue weighted by Crippen LogP contribution is 2.20. The normalized spacial score (nSPS) is 14.0. The molecular weight excluding hydrogens is 382 g/mol. The van der Waals surface area contributed by atoms with Crippen molar-refractivity contribution >= 4 is 12.1 Å². The van der Waals surface area contributed by atoms with Gasteiger partial charge >= 0.3 is 0 Å². The van der Waals surface area contributed by atoms with Crippen LogP contribution in [0, 0.1) is 0 Å². The van der Waals surface area contributed by atoms with Crippen LogP contribution in [0.1, 0.15) is 57.9 Å². The lowest BCUT2D eigenvalue weighted by atomic mass is 9.99. The second-order valence-electron chi connectivity index (χ2n) is 8.45. The molecule has 1 heterocycles. The highest BCUT2D eigenvalue weighted by atomic mass is 16.2. The molecular formula is C27H29N3O. The minimum Gasteiger partial charge on any atom is -0.294 e. The summed E-state index contributed by atoms with van der Waals surface area (Å²) in [6, 6.07) is 24.7. The van der Waals surface area contributed by atoms with Gasteiger partial charge in [-0.1, -0.05) is 74.5 Å². The Morgan fingerprint density at radius 2 is 1.71 bits per heavy atom. The van der Waals surface area contributed by atoms with Crippen LogP contribution >= 0.6 is 0 Å². The molecule has 4 rings (SSSR count). The Morgan fingerprint density at radius 1 is 1.00 bits per heavy atom. The molecule has 0 bridgehead atoms. The first-order valence-corrected chi connectivity index (χ1v) is 10.9. The number of hydrogen-bond donors (Lipinski definition) is 1. The molecule has 0 aliphatic carbocycles. The molecule has 31 heavy (non-hydrogen) atoms. The van der Waals surface area contributed by atoms with E-state index in [4.69, 9.17) is 0 Å². The van der Waals surface area contributed by atoms with Crippen LogP contribution in [0.4, 0.5) is 0 Å².